The molecule has 1 aliphatic heterocycles. The molecule has 0 spiro atoms. The summed E-state index contributed by atoms with van der Waals surface area (Å²) in [5, 5.41) is 0. The quantitative estimate of drug-likeness (QED) is 0.403. The molecule has 3 aromatic rings. The van der Waals surface area contributed by atoms with Crippen LogP contribution in [0.2, 0.25) is 0 Å². The maximum Gasteiger partial charge on any atom is 0.338 e. The molecule has 3 aromatic carbocycles. The number of hydrogen-bond acceptors (Lipinski definition) is 7. The summed E-state index contributed by atoms with van der Waals surface area (Å²) >= 11 is 0. The summed E-state index contributed by atoms with van der Waals surface area (Å²) in [6, 6.07) is 24.1. The molecule has 0 N–H and O–H groups in total. The fourth-order valence-corrected chi connectivity index (χ4v) is 3.41. The molecule has 34 heavy (non-hydrogen) atoms. The van der Waals surface area contributed by atoms with Crippen LogP contribution in [0, 0.1) is 0 Å². The summed E-state index contributed by atoms with van der Waals surface area (Å²) in [7, 11) is 0. The predicted molar refractivity (Wildman–Crippen MR) is 118 cm³/mol. The molecule has 0 aliphatic carbocycles. The van der Waals surface area contributed by atoms with Gasteiger partial charge in [0.2, 0.25) is 6.36 Å². The fourth-order valence-electron chi connectivity index (χ4n) is 3.41. The number of alkyl halides is 1. The largest absolute Gasteiger partial charge is 0.452 e. The Balaban J connectivity index is 1.59. The van der Waals surface area contributed by atoms with Crippen LogP contribution in [-0.4, -0.2) is 49.2 Å². The zero-order valence-corrected chi connectivity index (χ0v) is 17.9. The van der Waals surface area contributed by atoms with Crippen LogP contribution in [0.5, 0.6) is 0 Å². The van der Waals surface area contributed by atoms with Crippen LogP contribution < -0.4 is 0 Å². The third-order valence-corrected chi connectivity index (χ3v) is 5.14. The molecule has 0 aromatic heterocycles. The van der Waals surface area contributed by atoms with E-state index in [1.54, 1.807) is 66.7 Å². The van der Waals surface area contributed by atoms with Crippen molar-refractivity contribution in [2.45, 2.75) is 24.7 Å². The van der Waals surface area contributed by atoms with E-state index < -0.39 is 49.2 Å². The van der Waals surface area contributed by atoms with E-state index in [1.165, 1.54) is 24.3 Å². The first kappa shape index (κ1) is 23.1. The number of halogens is 1. The van der Waals surface area contributed by atoms with Gasteiger partial charge in [0, 0.05) is 0 Å². The lowest BCUT2D eigenvalue weighted by atomic mass is 10.0. The SMILES string of the molecule is O=C(O[C@@H]1[C@H](OC(=O)c2ccccc2)[C@@H](F)OC[C@@H]1OC(=O)c1ccccc1)c1ccccc1. The van der Waals surface area contributed by atoms with Gasteiger partial charge in [0.15, 0.2) is 18.3 Å². The second-order valence-electron chi connectivity index (χ2n) is 7.47. The number of esters is 3. The Morgan fingerprint density at radius 1 is 0.618 bits per heavy atom. The molecular weight excluding hydrogens is 443 g/mol. The van der Waals surface area contributed by atoms with Gasteiger partial charge in [-0.3, -0.25) is 0 Å². The minimum Gasteiger partial charge on any atom is -0.452 e. The molecule has 1 fully saturated rings. The summed E-state index contributed by atoms with van der Waals surface area (Å²) in [5.74, 6) is -2.35. The Hall–Kier alpha value is -4.04. The standard InChI is InChI=1S/C26H21FO7/c27-23-22(34-26(30)19-14-8-3-9-15-19)21(33-25(29)18-12-6-2-7-13-18)20(16-31-23)32-24(28)17-10-4-1-5-11-17/h1-15,20-23H,16H2/t20-,21-,22-,23-/m0/s1. The van der Waals surface area contributed by atoms with Crippen molar-refractivity contribution in [3.8, 4) is 0 Å². The van der Waals surface area contributed by atoms with E-state index in [-0.39, 0.29) is 16.7 Å². The van der Waals surface area contributed by atoms with Gasteiger partial charge in [-0.05, 0) is 36.4 Å². The van der Waals surface area contributed by atoms with Crippen molar-refractivity contribution in [3.63, 3.8) is 0 Å². The average molecular weight is 464 g/mol. The Kier molecular flexibility index (Phi) is 7.29. The monoisotopic (exact) mass is 464 g/mol. The molecule has 1 heterocycles. The molecule has 174 valence electrons. The topological polar surface area (TPSA) is 88.1 Å². The third kappa shape index (κ3) is 5.47. The Morgan fingerprint density at radius 2 is 1.00 bits per heavy atom. The lowest BCUT2D eigenvalue weighted by Crippen LogP contribution is -2.56. The molecule has 4 rings (SSSR count). The lowest BCUT2D eigenvalue weighted by Gasteiger charge is -2.37. The van der Waals surface area contributed by atoms with Crippen molar-refractivity contribution in [3.05, 3.63) is 108 Å². The molecular formula is C26H21FO7. The van der Waals surface area contributed by atoms with Crippen molar-refractivity contribution >= 4 is 17.9 Å². The highest BCUT2D eigenvalue weighted by Gasteiger charge is 2.48. The summed E-state index contributed by atoms with van der Waals surface area (Å²) in [6.07, 6.45) is -6.44. The van der Waals surface area contributed by atoms with Gasteiger partial charge in [-0.2, -0.15) is 0 Å². The summed E-state index contributed by atoms with van der Waals surface area (Å²) < 4.78 is 36.3. The Labute approximate surface area is 195 Å². The molecule has 0 amide bonds. The zero-order chi connectivity index (χ0) is 23.9. The van der Waals surface area contributed by atoms with Crippen molar-refractivity contribution in [2.75, 3.05) is 6.61 Å². The van der Waals surface area contributed by atoms with E-state index in [1.807, 2.05) is 0 Å². The Morgan fingerprint density at radius 3 is 1.44 bits per heavy atom. The van der Waals surface area contributed by atoms with Gasteiger partial charge in [-0.25, -0.2) is 18.8 Å². The summed E-state index contributed by atoms with van der Waals surface area (Å²) in [4.78, 5) is 38.0. The molecule has 8 heteroatoms. The second kappa shape index (κ2) is 10.7. The highest BCUT2D eigenvalue weighted by molar-refractivity contribution is 5.91. The molecule has 0 bridgehead atoms. The maximum atomic E-state index is 14.8. The van der Waals surface area contributed by atoms with Gasteiger partial charge in [0.1, 0.15) is 0 Å². The first-order valence-electron chi connectivity index (χ1n) is 10.6. The number of benzene rings is 3. The van der Waals surface area contributed by atoms with Gasteiger partial charge in [0.25, 0.3) is 0 Å². The highest BCUT2D eigenvalue weighted by Crippen LogP contribution is 2.27. The van der Waals surface area contributed by atoms with E-state index in [9.17, 15) is 18.8 Å². The van der Waals surface area contributed by atoms with Gasteiger partial charge < -0.3 is 18.9 Å². The highest BCUT2D eigenvalue weighted by atomic mass is 19.1. The summed E-state index contributed by atoms with van der Waals surface area (Å²) in [5.41, 5.74) is 0.618. The van der Waals surface area contributed by atoms with Crippen molar-refractivity contribution in [2.24, 2.45) is 0 Å². The fraction of sp³-hybridized carbons (Fsp3) is 0.192. The molecule has 0 radical (unpaired) electrons. The first-order chi connectivity index (χ1) is 16.5. The Bertz CT molecular complexity index is 1120. The molecule has 1 saturated heterocycles. The maximum absolute atomic E-state index is 14.8. The number of hydrogen-bond donors (Lipinski definition) is 0. The number of ether oxygens (including phenoxy) is 4. The average Bonchev–Trinajstić information content (AvgIpc) is 2.89. The normalized spacial score (nSPS) is 21.8. The van der Waals surface area contributed by atoms with Crippen molar-refractivity contribution in [1.29, 1.82) is 0 Å². The zero-order valence-electron chi connectivity index (χ0n) is 17.9. The lowest BCUT2D eigenvalue weighted by molar-refractivity contribution is -0.225. The van der Waals surface area contributed by atoms with Gasteiger partial charge in [-0.1, -0.05) is 54.6 Å². The third-order valence-electron chi connectivity index (χ3n) is 5.14. The van der Waals surface area contributed by atoms with Gasteiger partial charge >= 0.3 is 17.9 Å². The van der Waals surface area contributed by atoms with Crippen LogP contribution >= 0.6 is 0 Å². The van der Waals surface area contributed by atoms with Crippen LogP contribution in [0.1, 0.15) is 31.1 Å². The molecule has 7 nitrogen and oxygen atoms in total. The van der Waals surface area contributed by atoms with Crippen LogP contribution in [0.25, 0.3) is 0 Å². The smallest absolute Gasteiger partial charge is 0.338 e. The minimum absolute atomic E-state index is 0.172. The first-order valence-corrected chi connectivity index (χ1v) is 10.6. The van der Waals surface area contributed by atoms with Gasteiger partial charge in [-0.15, -0.1) is 0 Å². The van der Waals surface area contributed by atoms with Crippen LogP contribution in [0.3, 0.4) is 0 Å². The minimum atomic E-state index is -2.10. The van der Waals surface area contributed by atoms with Crippen LogP contribution in [-0.2, 0) is 18.9 Å². The predicted octanol–water partition coefficient (Wildman–Crippen LogP) is 3.99. The van der Waals surface area contributed by atoms with Crippen LogP contribution in [0.15, 0.2) is 91.0 Å². The molecule has 1 aliphatic rings. The van der Waals surface area contributed by atoms with E-state index >= 15 is 0 Å². The molecule has 0 unspecified atom stereocenters. The van der Waals surface area contributed by atoms with Crippen LogP contribution in [0.4, 0.5) is 4.39 Å². The van der Waals surface area contributed by atoms with Crippen molar-refractivity contribution < 1.29 is 37.7 Å². The van der Waals surface area contributed by atoms with Gasteiger partial charge in [0.05, 0.1) is 23.3 Å². The number of carbonyl (C=O) groups is 3. The number of rotatable bonds is 6. The van der Waals surface area contributed by atoms with E-state index in [2.05, 4.69) is 0 Å². The van der Waals surface area contributed by atoms with E-state index in [4.69, 9.17) is 18.9 Å². The van der Waals surface area contributed by atoms with Crippen molar-refractivity contribution in [1.82, 2.24) is 0 Å². The molecule has 0 saturated carbocycles. The van der Waals surface area contributed by atoms with E-state index in [0.29, 0.717) is 0 Å². The second-order valence-corrected chi connectivity index (χ2v) is 7.47. The van der Waals surface area contributed by atoms with E-state index in [0.717, 1.165) is 0 Å². The number of carbonyl (C=O) groups excluding carboxylic acids is 3. The molecule has 4 atom stereocenters. The summed E-state index contributed by atoms with van der Waals surface area (Å²) in [6.45, 7) is -0.397.